The quantitative estimate of drug-likeness (QED) is 0.191. The molecule has 0 amide bonds. The van der Waals surface area contributed by atoms with E-state index in [1.54, 1.807) is 0 Å². The van der Waals surface area contributed by atoms with Crippen molar-refractivity contribution in [2.45, 2.75) is 24.7 Å². The molecule has 0 aliphatic heterocycles. The van der Waals surface area contributed by atoms with E-state index in [0.29, 0.717) is 6.08 Å². The van der Waals surface area contributed by atoms with Crippen LogP contribution in [-0.2, 0) is 23.4 Å². The van der Waals surface area contributed by atoms with E-state index in [9.17, 15) is 34.4 Å². The fourth-order valence-electron chi connectivity index (χ4n) is 1.65. The molecule has 0 aromatic carbocycles. The predicted octanol–water partition coefficient (Wildman–Crippen LogP) is -13.1. The summed E-state index contributed by atoms with van der Waals surface area (Å²) in [5.74, 6) is -4.41. The number of carboxylic acid groups (broad SMARTS) is 2. The number of ether oxygens (including phenoxy) is 1. The zero-order valence-corrected chi connectivity index (χ0v) is 20.2. The summed E-state index contributed by atoms with van der Waals surface area (Å²) >= 11 is 0. The Morgan fingerprint density at radius 1 is 1.29 bits per heavy atom. The van der Waals surface area contributed by atoms with E-state index in [0.717, 1.165) is 0 Å². The third-order valence-electron chi connectivity index (χ3n) is 2.54. The van der Waals surface area contributed by atoms with Crippen LogP contribution in [0.4, 0.5) is 0 Å². The first-order valence-corrected chi connectivity index (χ1v) is 6.90. The summed E-state index contributed by atoms with van der Waals surface area (Å²) in [5, 5.41) is 31.1. The van der Waals surface area contributed by atoms with Crippen molar-refractivity contribution in [2.24, 2.45) is 0 Å². The van der Waals surface area contributed by atoms with Gasteiger partial charge in [-0.15, -0.1) is 0 Å². The largest absolute Gasteiger partial charge is 1.00 e. The zero-order valence-electron chi connectivity index (χ0n) is 13.3. The first-order valence-electron chi connectivity index (χ1n) is 5.40. The molecule has 2 N–H and O–H groups in total. The molecule has 0 fully saturated rings. The molecule has 4 atom stereocenters. The van der Waals surface area contributed by atoms with Crippen LogP contribution in [0.25, 0.3) is 0 Å². The van der Waals surface area contributed by atoms with E-state index in [1.807, 2.05) is 0 Å². The van der Waals surface area contributed by atoms with Crippen LogP contribution in [0, 0.1) is 0 Å². The fraction of sp³-hybridized carbons (Fsp3) is 0.400. The minimum atomic E-state index is -5.28. The normalized spacial score (nSPS) is 24.6. The summed E-state index contributed by atoms with van der Waals surface area (Å²) < 4.78 is 19.5. The van der Waals surface area contributed by atoms with Gasteiger partial charge < -0.3 is 44.0 Å². The molecule has 0 spiro atoms. The number of rotatable bonds is 6. The fourth-order valence-corrected chi connectivity index (χ4v) is 2.15. The summed E-state index contributed by atoms with van der Waals surface area (Å²) in [7, 11) is -5.28. The Morgan fingerprint density at radius 2 is 1.79 bits per heavy atom. The maximum Gasteiger partial charge on any atom is 1.00 e. The van der Waals surface area contributed by atoms with Gasteiger partial charge in [-0.3, -0.25) is 4.57 Å². The van der Waals surface area contributed by atoms with E-state index in [-0.39, 0.29) is 88.7 Å². The Hall–Kier alpha value is 1.29. The van der Waals surface area contributed by atoms with Gasteiger partial charge in [-0.05, 0) is 11.6 Å². The first kappa shape index (κ1) is 30.0. The van der Waals surface area contributed by atoms with E-state index in [1.165, 1.54) is 0 Å². The summed E-state index contributed by atoms with van der Waals surface area (Å²) in [4.78, 5) is 40.5. The average molecular weight is 390 g/mol. The molecule has 1 unspecified atom stereocenters. The van der Waals surface area contributed by atoms with Crippen LogP contribution in [0.3, 0.4) is 0 Å². The number of hydrogen-bond donors (Lipinski definition) is 2. The van der Waals surface area contributed by atoms with E-state index in [2.05, 4.69) is 11.1 Å². The molecule has 0 radical (unpaired) electrons. The molecule has 1 aliphatic carbocycles. The molecule has 118 valence electrons. The Labute approximate surface area is 203 Å². The molecular formula is C10H10Na3O10P. The van der Waals surface area contributed by atoms with Gasteiger partial charge in [-0.2, -0.15) is 0 Å². The van der Waals surface area contributed by atoms with Crippen molar-refractivity contribution in [3.8, 4) is 0 Å². The number of aliphatic hydroxyl groups excluding tert-OH is 1. The summed E-state index contributed by atoms with van der Waals surface area (Å²) in [5.41, 5.74) is -0.505. The van der Waals surface area contributed by atoms with Gasteiger partial charge in [0, 0.05) is 6.42 Å². The Bertz CT molecular complexity index is 545. The molecule has 0 aromatic heterocycles. The van der Waals surface area contributed by atoms with Gasteiger partial charge in [-0.1, -0.05) is 6.58 Å². The molecule has 0 aromatic rings. The van der Waals surface area contributed by atoms with Crippen molar-refractivity contribution < 1.29 is 137 Å². The number of aliphatic carboxylic acids is 2. The number of phosphoric ester groups is 1. The molecule has 0 heterocycles. The topological polar surface area (TPSA) is 179 Å². The van der Waals surface area contributed by atoms with Crippen LogP contribution < -0.4 is 104 Å². The van der Waals surface area contributed by atoms with Crippen molar-refractivity contribution in [1.82, 2.24) is 0 Å². The molecule has 0 saturated carbocycles. The molecule has 10 nitrogen and oxygen atoms in total. The Morgan fingerprint density at radius 3 is 2.17 bits per heavy atom. The molecule has 0 bridgehead atoms. The van der Waals surface area contributed by atoms with Crippen molar-refractivity contribution >= 4 is 19.8 Å². The predicted molar refractivity (Wildman–Crippen MR) is 57.4 cm³/mol. The van der Waals surface area contributed by atoms with Gasteiger partial charge in [0.1, 0.15) is 30.0 Å². The van der Waals surface area contributed by atoms with Crippen molar-refractivity contribution in [2.75, 3.05) is 0 Å². The van der Waals surface area contributed by atoms with Crippen molar-refractivity contribution in [3.05, 3.63) is 24.0 Å². The SMILES string of the molecule is C=C(O[C@@H]1CC(C(=O)[O-])=C[C@@H](OP(=O)([O-])O)[C@H]1O)C(=O)[O-].[Na+].[Na+].[Na+]. The van der Waals surface area contributed by atoms with Gasteiger partial charge in [0.15, 0.2) is 0 Å². The minimum Gasteiger partial charge on any atom is -0.756 e. The number of phosphoric acid groups is 1. The molecule has 0 saturated heterocycles. The number of aliphatic hydroxyl groups is 1. The maximum atomic E-state index is 10.8. The first-order chi connectivity index (χ1) is 9.51. The zero-order chi connectivity index (χ0) is 16.4. The van der Waals surface area contributed by atoms with Crippen molar-refractivity contribution in [3.63, 3.8) is 0 Å². The van der Waals surface area contributed by atoms with Crippen molar-refractivity contribution in [1.29, 1.82) is 0 Å². The number of carboxylic acids is 2. The van der Waals surface area contributed by atoms with Gasteiger partial charge in [0.25, 0.3) is 7.82 Å². The van der Waals surface area contributed by atoms with E-state index < -0.39 is 55.8 Å². The van der Waals surface area contributed by atoms with Gasteiger partial charge in [-0.25, -0.2) is 0 Å². The van der Waals surface area contributed by atoms with Gasteiger partial charge >= 0.3 is 88.7 Å². The number of carbonyl (C=O) groups excluding carboxylic acids is 2. The third kappa shape index (κ3) is 9.84. The van der Waals surface area contributed by atoms with E-state index in [4.69, 9.17) is 9.63 Å². The van der Waals surface area contributed by atoms with Crippen LogP contribution in [-0.4, -0.2) is 40.3 Å². The molecular weight excluding hydrogens is 380 g/mol. The number of carbonyl (C=O) groups is 2. The summed E-state index contributed by atoms with van der Waals surface area (Å²) in [6, 6.07) is 0. The standard InChI is InChI=1S/C10H13O10P.3Na/c1-4(9(12)13)19-6-2-5(10(14)15)3-7(8(6)11)20-21(16,17)18;;;/h3,6-8,11H,1-2H2,(H,12,13)(H,14,15)(H2,16,17,18);;;/q;3*+1/p-3/t6-,7-,8+;;;/m1.../s1. The van der Waals surface area contributed by atoms with Gasteiger partial charge in [0.2, 0.25) is 0 Å². The molecule has 14 heteroatoms. The molecule has 24 heavy (non-hydrogen) atoms. The summed E-state index contributed by atoms with van der Waals surface area (Å²) in [6.45, 7) is 2.97. The Kier molecular flexibility index (Phi) is 15.8. The average Bonchev–Trinajstić information content (AvgIpc) is 2.31. The molecule has 1 rings (SSSR count). The Balaban J connectivity index is -0.00000147. The molecule has 1 aliphatic rings. The minimum absolute atomic E-state index is 0. The maximum absolute atomic E-state index is 10.8. The van der Waals surface area contributed by atoms with Gasteiger partial charge in [0.05, 0.1) is 5.97 Å². The second-order valence-corrected chi connectivity index (χ2v) is 5.23. The number of hydrogen-bond acceptors (Lipinski definition) is 9. The third-order valence-corrected chi connectivity index (χ3v) is 3.05. The summed E-state index contributed by atoms with van der Waals surface area (Å²) in [6.07, 6.45) is -4.85. The van der Waals surface area contributed by atoms with Crippen LogP contribution in [0.5, 0.6) is 0 Å². The van der Waals surface area contributed by atoms with Crippen LogP contribution in [0.1, 0.15) is 6.42 Å². The van der Waals surface area contributed by atoms with Crippen LogP contribution >= 0.6 is 7.82 Å². The second kappa shape index (κ2) is 12.6. The van der Waals surface area contributed by atoms with E-state index >= 15 is 0 Å². The van der Waals surface area contributed by atoms with Crippen LogP contribution in [0.15, 0.2) is 24.0 Å². The smallest absolute Gasteiger partial charge is 0.756 e. The second-order valence-electron chi connectivity index (χ2n) is 4.08. The van der Waals surface area contributed by atoms with Crippen LogP contribution in [0.2, 0.25) is 0 Å². The monoisotopic (exact) mass is 390 g/mol.